The third-order valence-electron chi connectivity index (χ3n) is 3.14. The zero-order chi connectivity index (χ0) is 13.2. The lowest BCUT2D eigenvalue weighted by atomic mass is 9.97. The zero-order valence-electron chi connectivity index (χ0n) is 10.5. The van der Waals surface area contributed by atoms with Crippen molar-refractivity contribution >= 4 is 15.8 Å². The Kier molecular flexibility index (Phi) is 3.87. The van der Waals surface area contributed by atoms with Crippen molar-refractivity contribution in [3.8, 4) is 0 Å². The Hall–Kier alpha value is -1.14. The average Bonchev–Trinajstić information content (AvgIpc) is 2.68. The molecule has 0 radical (unpaired) electrons. The predicted molar refractivity (Wildman–Crippen MR) is 69.2 cm³/mol. The van der Waals surface area contributed by atoms with Crippen molar-refractivity contribution in [2.45, 2.75) is 32.2 Å². The van der Waals surface area contributed by atoms with E-state index in [1.165, 1.54) is 0 Å². The highest BCUT2D eigenvalue weighted by Crippen LogP contribution is 2.22. The molecule has 0 amide bonds. The molecule has 0 aromatic carbocycles. The van der Waals surface area contributed by atoms with E-state index in [0.717, 1.165) is 43.3 Å². The fourth-order valence-corrected chi connectivity index (χ4v) is 2.82. The van der Waals surface area contributed by atoms with Crippen LogP contribution in [0.15, 0.2) is 12.3 Å². The van der Waals surface area contributed by atoms with Gasteiger partial charge in [0, 0.05) is 37.0 Å². The quantitative estimate of drug-likeness (QED) is 0.810. The summed E-state index contributed by atoms with van der Waals surface area (Å²) in [5, 5.41) is 0. The van der Waals surface area contributed by atoms with Crippen LogP contribution < -0.4 is 4.72 Å². The monoisotopic (exact) mass is 270 g/mol. The molecule has 6 heteroatoms. The fourth-order valence-electron chi connectivity index (χ4n) is 2.31. The van der Waals surface area contributed by atoms with Crippen LogP contribution >= 0.6 is 0 Å². The lowest BCUT2D eigenvalue weighted by Gasteiger charge is -2.14. The Morgan fingerprint density at radius 1 is 1.39 bits per heavy atom. The first-order chi connectivity index (χ1) is 8.47. The van der Waals surface area contributed by atoms with Crippen LogP contribution in [0.4, 0.5) is 0 Å². The summed E-state index contributed by atoms with van der Waals surface area (Å²) in [4.78, 5) is 11.7. The molecule has 0 saturated heterocycles. The van der Waals surface area contributed by atoms with Crippen molar-refractivity contribution in [2.24, 2.45) is 0 Å². The first-order valence-corrected chi connectivity index (χ1v) is 8.02. The smallest absolute Gasteiger partial charge is 0.208 e. The predicted octanol–water partition coefficient (Wildman–Crippen LogP) is 0.946. The van der Waals surface area contributed by atoms with E-state index in [4.69, 9.17) is 0 Å². The molecule has 1 aliphatic rings. The number of rotatable bonds is 5. The molecule has 0 saturated carbocycles. The van der Waals surface area contributed by atoms with Gasteiger partial charge >= 0.3 is 0 Å². The minimum absolute atomic E-state index is 0.226. The normalized spacial score (nSPS) is 15.7. The average molecular weight is 270 g/mol. The second kappa shape index (κ2) is 5.24. The molecule has 0 aliphatic heterocycles. The van der Waals surface area contributed by atoms with Gasteiger partial charge in [-0.05, 0) is 25.3 Å². The molecule has 0 atom stereocenters. The Morgan fingerprint density at radius 3 is 2.89 bits per heavy atom. The number of aromatic nitrogens is 1. The molecule has 2 rings (SSSR count). The van der Waals surface area contributed by atoms with E-state index < -0.39 is 10.0 Å². The van der Waals surface area contributed by atoms with E-state index in [-0.39, 0.29) is 5.78 Å². The highest BCUT2D eigenvalue weighted by molar-refractivity contribution is 7.88. The van der Waals surface area contributed by atoms with Gasteiger partial charge in [-0.1, -0.05) is 0 Å². The van der Waals surface area contributed by atoms with Crippen molar-refractivity contribution in [1.82, 2.24) is 9.29 Å². The molecular weight excluding hydrogens is 252 g/mol. The molecule has 100 valence electrons. The van der Waals surface area contributed by atoms with Crippen molar-refractivity contribution in [2.75, 3.05) is 12.8 Å². The Morgan fingerprint density at radius 2 is 2.17 bits per heavy atom. The summed E-state index contributed by atoms with van der Waals surface area (Å²) < 4.78 is 26.3. The SMILES string of the molecule is CS(=O)(=O)NCCCn1ccc2c1CCCC2=O. The maximum absolute atomic E-state index is 11.7. The summed E-state index contributed by atoms with van der Waals surface area (Å²) in [5.41, 5.74) is 1.95. The van der Waals surface area contributed by atoms with Gasteiger partial charge < -0.3 is 4.57 Å². The van der Waals surface area contributed by atoms with Crippen LogP contribution in [0.2, 0.25) is 0 Å². The number of aryl methyl sites for hydroxylation is 1. The van der Waals surface area contributed by atoms with Gasteiger partial charge in [-0.3, -0.25) is 4.79 Å². The number of carbonyl (C=O) groups is 1. The van der Waals surface area contributed by atoms with Crippen LogP contribution in [0.3, 0.4) is 0 Å². The molecule has 1 aliphatic carbocycles. The van der Waals surface area contributed by atoms with Gasteiger partial charge in [0.1, 0.15) is 0 Å². The maximum atomic E-state index is 11.7. The second-order valence-electron chi connectivity index (χ2n) is 4.67. The van der Waals surface area contributed by atoms with E-state index in [1.54, 1.807) is 0 Å². The van der Waals surface area contributed by atoms with E-state index in [2.05, 4.69) is 9.29 Å². The number of hydrogen-bond acceptors (Lipinski definition) is 3. The van der Waals surface area contributed by atoms with Gasteiger partial charge in [0.25, 0.3) is 0 Å². The summed E-state index contributed by atoms with van der Waals surface area (Å²) in [6.45, 7) is 1.17. The Labute approximate surface area is 107 Å². The molecule has 0 unspecified atom stereocenters. The topological polar surface area (TPSA) is 68.2 Å². The number of sulfonamides is 1. The van der Waals surface area contributed by atoms with Gasteiger partial charge in [-0.25, -0.2) is 13.1 Å². The van der Waals surface area contributed by atoms with Gasteiger partial charge in [0.2, 0.25) is 10.0 Å². The molecule has 1 heterocycles. The highest BCUT2D eigenvalue weighted by Gasteiger charge is 2.20. The van der Waals surface area contributed by atoms with Crippen molar-refractivity contribution < 1.29 is 13.2 Å². The largest absolute Gasteiger partial charge is 0.351 e. The lowest BCUT2D eigenvalue weighted by molar-refractivity contribution is 0.0971. The lowest BCUT2D eigenvalue weighted by Crippen LogP contribution is -2.24. The number of fused-ring (bicyclic) bond motifs is 1. The second-order valence-corrected chi connectivity index (χ2v) is 6.50. The first-order valence-electron chi connectivity index (χ1n) is 6.13. The molecule has 0 spiro atoms. The van der Waals surface area contributed by atoms with Gasteiger partial charge in [0.05, 0.1) is 6.26 Å². The summed E-state index contributed by atoms with van der Waals surface area (Å²) >= 11 is 0. The summed E-state index contributed by atoms with van der Waals surface area (Å²) in [5.74, 6) is 0.226. The van der Waals surface area contributed by atoms with Crippen LogP contribution in [-0.2, 0) is 23.0 Å². The standard InChI is InChI=1S/C12H18N2O3S/c1-18(16,17)13-7-3-8-14-9-6-10-11(14)4-2-5-12(10)15/h6,9,13H,2-5,7-8H2,1H3. The number of hydrogen-bond donors (Lipinski definition) is 1. The van der Waals surface area contributed by atoms with Gasteiger partial charge in [-0.2, -0.15) is 0 Å². The Balaban J connectivity index is 1.93. The van der Waals surface area contributed by atoms with Crippen LogP contribution in [0.5, 0.6) is 0 Å². The van der Waals surface area contributed by atoms with Crippen LogP contribution in [0.25, 0.3) is 0 Å². The minimum atomic E-state index is -3.10. The van der Waals surface area contributed by atoms with E-state index in [1.807, 2.05) is 12.3 Å². The fraction of sp³-hybridized carbons (Fsp3) is 0.583. The molecule has 5 nitrogen and oxygen atoms in total. The number of Topliss-reactive ketones (excluding diaryl/α,β-unsaturated/α-hetero) is 1. The van der Waals surface area contributed by atoms with Gasteiger partial charge in [-0.15, -0.1) is 0 Å². The molecule has 18 heavy (non-hydrogen) atoms. The van der Waals surface area contributed by atoms with E-state index >= 15 is 0 Å². The molecule has 1 aromatic rings. The maximum Gasteiger partial charge on any atom is 0.208 e. The van der Waals surface area contributed by atoms with E-state index in [0.29, 0.717) is 13.0 Å². The van der Waals surface area contributed by atoms with Crippen LogP contribution in [-0.4, -0.2) is 31.6 Å². The summed E-state index contributed by atoms with van der Waals surface area (Å²) in [6.07, 6.45) is 6.30. The van der Waals surface area contributed by atoms with Crippen molar-refractivity contribution in [1.29, 1.82) is 0 Å². The number of nitrogens with zero attached hydrogens (tertiary/aromatic N) is 1. The number of ketones is 1. The summed E-state index contributed by atoms with van der Waals surface area (Å²) in [6, 6.07) is 1.88. The van der Waals surface area contributed by atoms with Crippen molar-refractivity contribution in [3.63, 3.8) is 0 Å². The number of nitrogens with one attached hydrogen (secondary N) is 1. The summed E-state index contributed by atoms with van der Waals surface area (Å²) in [7, 11) is -3.10. The van der Waals surface area contributed by atoms with Crippen LogP contribution in [0.1, 0.15) is 35.3 Å². The highest BCUT2D eigenvalue weighted by atomic mass is 32.2. The van der Waals surface area contributed by atoms with E-state index in [9.17, 15) is 13.2 Å². The zero-order valence-corrected chi connectivity index (χ0v) is 11.3. The molecule has 0 fully saturated rings. The van der Waals surface area contributed by atoms with Crippen molar-refractivity contribution in [3.05, 3.63) is 23.5 Å². The third-order valence-corrected chi connectivity index (χ3v) is 3.87. The third kappa shape index (κ3) is 3.20. The van der Waals surface area contributed by atoms with Crippen LogP contribution in [0, 0.1) is 0 Å². The molecular formula is C12H18N2O3S. The molecule has 1 N–H and O–H groups in total. The Bertz CT molecular complexity index is 546. The number of carbonyl (C=O) groups excluding carboxylic acids is 1. The minimum Gasteiger partial charge on any atom is -0.351 e. The van der Waals surface area contributed by atoms with Gasteiger partial charge in [0.15, 0.2) is 5.78 Å². The molecule has 1 aromatic heterocycles. The first kappa shape index (κ1) is 13.3. The molecule has 0 bridgehead atoms.